The summed E-state index contributed by atoms with van der Waals surface area (Å²) in [6.45, 7) is -0.895. The molecule has 1 rings (SSSR count). The average Bonchev–Trinajstić information content (AvgIpc) is 3.13. The number of amides is 1. The number of carbonyl (C=O) groups is 4. The van der Waals surface area contributed by atoms with Gasteiger partial charge in [-0.15, -0.1) is 0 Å². The first-order valence-corrected chi connectivity index (χ1v) is 12.1. The van der Waals surface area contributed by atoms with Crippen molar-refractivity contribution in [3.8, 4) is 0 Å². The summed E-state index contributed by atoms with van der Waals surface area (Å²) in [5, 5.41) is 30.6. The topological polar surface area (TPSA) is 144 Å². The third-order valence-electron chi connectivity index (χ3n) is 4.54. The zero-order valence-corrected chi connectivity index (χ0v) is 18.0. The minimum absolute atomic E-state index is 0.0217. The fourth-order valence-corrected chi connectivity index (χ4v) is 6.11. The van der Waals surface area contributed by atoms with E-state index in [-0.39, 0.29) is 12.3 Å². The molecule has 166 valence electrons. The van der Waals surface area contributed by atoms with Crippen molar-refractivity contribution in [3.63, 3.8) is 0 Å². The van der Waals surface area contributed by atoms with Crippen LogP contribution >= 0.6 is 21.6 Å². The molecule has 0 aromatic rings. The van der Waals surface area contributed by atoms with Crippen LogP contribution in [0.15, 0.2) is 0 Å². The maximum atomic E-state index is 11.8. The SMILES string of the molecule is O=C(O)CN(CC(=O)O)[C@@H](CCCCNC(=O)CCCCC1CCSS1)C(=O)O. The molecule has 1 unspecified atom stereocenters. The summed E-state index contributed by atoms with van der Waals surface area (Å²) in [7, 11) is 3.85. The molecule has 1 saturated heterocycles. The second kappa shape index (κ2) is 14.5. The van der Waals surface area contributed by atoms with Crippen LogP contribution in [0.25, 0.3) is 0 Å². The molecule has 0 radical (unpaired) electrons. The molecule has 0 bridgehead atoms. The van der Waals surface area contributed by atoms with Crippen molar-refractivity contribution >= 4 is 45.4 Å². The lowest BCUT2D eigenvalue weighted by Gasteiger charge is -2.25. The Morgan fingerprint density at radius 2 is 1.69 bits per heavy atom. The Morgan fingerprint density at radius 3 is 2.24 bits per heavy atom. The van der Waals surface area contributed by atoms with Crippen LogP contribution in [0.3, 0.4) is 0 Å². The molecule has 0 aliphatic carbocycles. The van der Waals surface area contributed by atoms with Gasteiger partial charge in [0.15, 0.2) is 0 Å². The van der Waals surface area contributed by atoms with Gasteiger partial charge in [-0.25, -0.2) is 0 Å². The molecule has 2 atom stereocenters. The predicted octanol–water partition coefficient (Wildman–Crippen LogP) is 1.91. The van der Waals surface area contributed by atoms with Crippen molar-refractivity contribution in [2.75, 3.05) is 25.4 Å². The van der Waals surface area contributed by atoms with Crippen molar-refractivity contribution in [3.05, 3.63) is 0 Å². The smallest absolute Gasteiger partial charge is 0.320 e. The third kappa shape index (κ3) is 12.0. The summed E-state index contributed by atoms with van der Waals surface area (Å²) in [4.78, 5) is 45.9. The maximum Gasteiger partial charge on any atom is 0.320 e. The molecule has 1 aliphatic heterocycles. The standard InChI is InChI=1S/C18H30N2O7S2/c21-15(7-2-1-5-13-8-10-28-29-13)19-9-4-3-6-14(18(26)27)20(11-16(22)23)12-17(24)25/h13-14H,1-12H2,(H,19,21)(H,22,23)(H,24,25)(H,26,27)/t13?,14-/m0/s1. The number of carboxylic acid groups (broad SMARTS) is 3. The van der Waals surface area contributed by atoms with Crippen LogP contribution in [0.5, 0.6) is 0 Å². The van der Waals surface area contributed by atoms with Crippen molar-refractivity contribution in [2.45, 2.75) is 62.7 Å². The summed E-state index contributed by atoms with van der Waals surface area (Å²) in [6.07, 6.45) is 5.85. The lowest BCUT2D eigenvalue weighted by Crippen LogP contribution is -2.46. The quantitative estimate of drug-likeness (QED) is 0.203. The number of hydrogen-bond acceptors (Lipinski definition) is 7. The first-order chi connectivity index (χ1) is 13.8. The van der Waals surface area contributed by atoms with E-state index in [9.17, 15) is 24.3 Å². The van der Waals surface area contributed by atoms with Gasteiger partial charge in [-0.3, -0.25) is 24.1 Å². The van der Waals surface area contributed by atoms with Crippen LogP contribution in [-0.4, -0.2) is 80.7 Å². The highest BCUT2D eigenvalue weighted by atomic mass is 33.1. The Morgan fingerprint density at radius 1 is 1.00 bits per heavy atom. The molecule has 1 aliphatic rings. The number of rotatable bonds is 16. The van der Waals surface area contributed by atoms with Gasteiger partial charge in [-0.05, 0) is 38.5 Å². The lowest BCUT2D eigenvalue weighted by atomic mass is 10.1. The van der Waals surface area contributed by atoms with Crippen LogP contribution < -0.4 is 5.32 Å². The Balaban J connectivity index is 2.21. The van der Waals surface area contributed by atoms with E-state index in [0.717, 1.165) is 24.2 Å². The molecular weight excluding hydrogens is 420 g/mol. The molecular formula is C18H30N2O7S2. The molecule has 1 amide bonds. The Bertz CT molecular complexity index is 540. The summed E-state index contributed by atoms with van der Waals surface area (Å²) in [5.41, 5.74) is 0. The summed E-state index contributed by atoms with van der Waals surface area (Å²) in [6, 6.07) is -1.19. The van der Waals surface area contributed by atoms with E-state index in [1.807, 2.05) is 21.6 Å². The molecule has 0 aromatic carbocycles. The number of hydrogen-bond donors (Lipinski definition) is 4. The van der Waals surface area contributed by atoms with Gasteiger partial charge in [0.25, 0.3) is 0 Å². The maximum absolute atomic E-state index is 11.8. The number of nitrogens with zero attached hydrogens (tertiary/aromatic N) is 1. The summed E-state index contributed by atoms with van der Waals surface area (Å²) < 4.78 is 0. The zero-order chi connectivity index (χ0) is 21.6. The van der Waals surface area contributed by atoms with Crippen LogP contribution in [0.2, 0.25) is 0 Å². The fourth-order valence-electron chi connectivity index (χ4n) is 3.09. The van der Waals surface area contributed by atoms with Crippen molar-refractivity contribution < 1.29 is 34.5 Å². The van der Waals surface area contributed by atoms with Gasteiger partial charge in [0.05, 0.1) is 13.1 Å². The van der Waals surface area contributed by atoms with Crippen LogP contribution in [0.1, 0.15) is 51.4 Å². The van der Waals surface area contributed by atoms with E-state index >= 15 is 0 Å². The van der Waals surface area contributed by atoms with Gasteiger partial charge >= 0.3 is 17.9 Å². The van der Waals surface area contributed by atoms with E-state index in [1.165, 1.54) is 12.2 Å². The van der Waals surface area contributed by atoms with E-state index in [0.29, 0.717) is 31.1 Å². The molecule has 11 heteroatoms. The Labute approximate surface area is 178 Å². The van der Waals surface area contributed by atoms with E-state index in [2.05, 4.69) is 5.32 Å². The number of unbranched alkanes of at least 4 members (excludes halogenated alkanes) is 2. The third-order valence-corrected chi connectivity index (χ3v) is 7.54. The Kier molecular flexibility index (Phi) is 12.8. The second-order valence-electron chi connectivity index (χ2n) is 6.97. The van der Waals surface area contributed by atoms with Crippen molar-refractivity contribution in [1.82, 2.24) is 10.2 Å². The molecule has 29 heavy (non-hydrogen) atoms. The number of carboxylic acids is 3. The number of aliphatic carboxylic acids is 3. The van der Waals surface area contributed by atoms with E-state index < -0.39 is 37.0 Å². The highest BCUT2D eigenvalue weighted by molar-refractivity contribution is 8.77. The van der Waals surface area contributed by atoms with Gasteiger partial charge in [0.2, 0.25) is 5.91 Å². The summed E-state index contributed by atoms with van der Waals surface area (Å²) in [5.74, 6) is -2.63. The first kappa shape index (κ1) is 25.6. The number of carbonyl (C=O) groups excluding carboxylic acids is 1. The minimum atomic E-state index is -1.28. The Hall–Kier alpha value is -1.46. The fraction of sp³-hybridized carbons (Fsp3) is 0.778. The van der Waals surface area contributed by atoms with Gasteiger partial charge in [0, 0.05) is 24.0 Å². The van der Waals surface area contributed by atoms with E-state index in [1.54, 1.807) is 0 Å². The first-order valence-electron chi connectivity index (χ1n) is 9.75. The van der Waals surface area contributed by atoms with Gasteiger partial charge in [0.1, 0.15) is 6.04 Å². The molecule has 0 saturated carbocycles. The largest absolute Gasteiger partial charge is 0.480 e. The highest BCUT2D eigenvalue weighted by Crippen LogP contribution is 2.39. The minimum Gasteiger partial charge on any atom is -0.480 e. The van der Waals surface area contributed by atoms with Crippen LogP contribution in [0.4, 0.5) is 0 Å². The van der Waals surface area contributed by atoms with E-state index in [4.69, 9.17) is 10.2 Å². The highest BCUT2D eigenvalue weighted by Gasteiger charge is 2.28. The molecule has 0 aromatic heterocycles. The molecule has 1 fully saturated rings. The summed E-state index contributed by atoms with van der Waals surface area (Å²) >= 11 is 0. The number of nitrogens with one attached hydrogen (secondary N) is 1. The van der Waals surface area contributed by atoms with Gasteiger partial charge < -0.3 is 20.6 Å². The monoisotopic (exact) mass is 450 g/mol. The zero-order valence-electron chi connectivity index (χ0n) is 16.4. The molecule has 0 spiro atoms. The van der Waals surface area contributed by atoms with Crippen molar-refractivity contribution in [1.29, 1.82) is 0 Å². The van der Waals surface area contributed by atoms with Crippen LogP contribution in [0, 0.1) is 0 Å². The molecule has 4 N–H and O–H groups in total. The van der Waals surface area contributed by atoms with Crippen molar-refractivity contribution in [2.24, 2.45) is 0 Å². The lowest BCUT2D eigenvalue weighted by molar-refractivity contribution is -0.149. The molecule has 9 nitrogen and oxygen atoms in total. The predicted molar refractivity (Wildman–Crippen MR) is 112 cm³/mol. The average molecular weight is 451 g/mol. The van der Waals surface area contributed by atoms with Gasteiger partial charge in [-0.2, -0.15) is 0 Å². The second-order valence-corrected chi connectivity index (χ2v) is 9.75. The normalized spacial score (nSPS) is 17.2. The van der Waals surface area contributed by atoms with Crippen LogP contribution in [-0.2, 0) is 19.2 Å². The van der Waals surface area contributed by atoms with Gasteiger partial charge in [-0.1, -0.05) is 28.0 Å². The molecule has 1 heterocycles.